The fourth-order valence-electron chi connectivity index (χ4n) is 1.91. The molecule has 2 rings (SSSR count). The van der Waals surface area contributed by atoms with Crippen molar-refractivity contribution in [1.82, 2.24) is 5.32 Å². The second-order valence-corrected chi connectivity index (χ2v) is 7.12. The fourth-order valence-corrected chi connectivity index (χ4v) is 4.12. The molecule has 0 amide bonds. The number of hydrogen-bond acceptors (Lipinski definition) is 2. The average molecular weight is 424 g/mol. The van der Waals surface area contributed by atoms with E-state index in [0.29, 0.717) is 0 Å². The highest BCUT2D eigenvalue weighted by atomic mass is 79.9. The van der Waals surface area contributed by atoms with Crippen LogP contribution in [0.5, 0.6) is 0 Å². The molecule has 0 aliphatic carbocycles. The molecule has 0 spiro atoms. The van der Waals surface area contributed by atoms with Crippen LogP contribution in [0.2, 0.25) is 5.02 Å². The fraction of sp³-hybridized carbons (Fsp3) is 0.286. The van der Waals surface area contributed by atoms with Crippen LogP contribution < -0.4 is 5.32 Å². The van der Waals surface area contributed by atoms with E-state index < -0.39 is 0 Å². The van der Waals surface area contributed by atoms with Crippen LogP contribution in [0, 0.1) is 0 Å². The third kappa shape index (κ3) is 3.82. The van der Waals surface area contributed by atoms with Crippen molar-refractivity contribution >= 4 is 54.8 Å². The maximum Gasteiger partial charge on any atom is 0.0607 e. The summed E-state index contributed by atoms with van der Waals surface area (Å²) in [6.45, 7) is 3.13. The number of halogens is 3. The Morgan fingerprint density at radius 1 is 1.21 bits per heavy atom. The third-order valence-corrected chi connectivity index (χ3v) is 5.53. The second-order valence-electron chi connectivity index (χ2n) is 4.23. The highest BCUT2D eigenvalue weighted by Crippen LogP contribution is 2.35. The van der Waals surface area contributed by atoms with Gasteiger partial charge in [-0.05, 0) is 63.6 Å². The molecule has 1 nitrogen and oxygen atoms in total. The molecule has 5 heteroatoms. The van der Waals surface area contributed by atoms with Crippen molar-refractivity contribution in [3.63, 3.8) is 0 Å². The van der Waals surface area contributed by atoms with Crippen LogP contribution in [0.3, 0.4) is 0 Å². The van der Waals surface area contributed by atoms with Crippen molar-refractivity contribution in [2.45, 2.75) is 19.4 Å². The Kier molecular flexibility index (Phi) is 5.90. The van der Waals surface area contributed by atoms with E-state index in [1.165, 1.54) is 11.1 Å². The SMILES string of the molecule is CCCNC(c1cscc1Br)c1cc(Cl)ccc1Br. The van der Waals surface area contributed by atoms with Gasteiger partial charge in [0.25, 0.3) is 0 Å². The molecular formula is C14H14Br2ClNS. The van der Waals surface area contributed by atoms with Crippen LogP contribution in [-0.4, -0.2) is 6.54 Å². The van der Waals surface area contributed by atoms with Gasteiger partial charge in [-0.25, -0.2) is 0 Å². The van der Waals surface area contributed by atoms with Gasteiger partial charge in [0.05, 0.1) is 6.04 Å². The highest BCUT2D eigenvalue weighted by Gasteiger charge is 2.19. The summed E-state index contributed by atoms with van der Waals surface area (Å²) in [5.74, 6) is 0. The Balaban J connectivity index is 2.42. The molecule has 1 atom stereocenters. The van der Waals surface area contributed by atoms with E-state index in [-0.39, 0.29) is 6.04 Å². The highest BCUT2D eigenvalue weighted by molar-refractivity contribution is 9.10. The van der Waals surface area contributed by atoms with Crippen molar-refractivity contribution in [2.75, 3.05) is 6.54 Å². The molecule has 0 saturated heterocycles. The molecule has 19 heavy (non-hydrogen) atoms. The first-order chi connectivity index (χ1) is 9.13. The molecule has 0 saturated carbocycles. The Morgan fingerprint density at radius 3 is 2.63 bits per heavy atom. The zero-order valence-corrected chi connectivity index (χ0v) is 15.2. The summed E-state index contributed by atoms with van der Waals surface area (Å²) >= 11 is 15.1. The predicted molar refractivity (Wildman–Crippen MR) is 91.3 cm³/mol. The van der Waals surface area contributed by atoms with E-state index in [2.05, 4.69) is 54.9 Å². The lowest BCUT2D eigenvalue weighted by atomic mass is 10.0. The first kappa shape index (κ1) is 15.5. The smallest absolute Gasteiger partial charge is 0.0607 e. The molecule has 1 unspecified atom stereocenters. The number of nitrogens with one attached hydrogen (secondary N) is 1. The van der Waals surface area contributed by atoms with Crippen molar-refractivity contribution in [1.29, 1.82) is 0 Å². The van der Waals surface area contributed by atoms with Crippen LogP contribution in [0.4, 0.5) is 0 Å². The molecule has 0 aliphatic heterocycles. The van der Waals surface area contributed by atoms with Gasteiger partial charge in [0.15, 0.2) is 0 Å². The molecule has 0 radical (unpaired) electrons. The van der Waals surface area contributed by atoms with Gasteiger partial charge in [-0.3, -0.25) is 0 Å². The Morgan fingerprint density at radius 2 is 2.00 bits per heavy atom. The molecule has 1 N–H and O–H groups in total. The number of hydrogen-bond donors (Lipinski definition) is 1. The lowest BCUT2D eigenvalue weighted by Gasteiger charge is -2.20. The first-order valence-electron chi connectivity index (χ1n) is 6.03. The van der Waals surface area contributed by atoms with Gasteiger partial charge >= 0.3 is 0 Å². The number of benzene rings is 1. The lowest BCUT2D eigenvalue weighted by molar-refractivity contribution is 0.597. The molecule has 0 bridgehead atoms. The predicted octanol–water partition coefficient (Wildman–Crippen LogP) is 6.02. The van der Waals surface area contributed by atoms with Gasteiger partial charge in [0.1, 0.15) is 0 Å². The number of thiophene rings is 1. The standard InChI is InChI=1S/C14H14Br2ClNS/c1-2-5-18-14(11-7-19-8-13(11)16)10-6-9(17)3-4-12(10)15/h3-4,6-8,14,18H,2,5H2,1H3. The van der Waals surface area contributed by atoms with Gasteiger partial charge in [0.2, 0.25) is 0 Å². The van der Waals surface area contributed by atoms with E-state index in [1.54, 1.807) is 11.3 Å². The van der Waals surface area contributed by atoms with E-state index in [0.717, 1.165) is 26.9 Å². The molecule has 1 aromatic heterocycles. The van der Waals surface area contributed by atoms with E-state index in [4.69, 9.17) is 11.6 Å². The summed E-state index contributed by atoms with van der Waals surface area (Å²) in [7, 11) is 0. The lowest BCUT2D eigenvalue weighted by Crippen LogP contribution is -2.23. The summed E-state index contributed by atoms with van der Waals surface area (Å²) in [6.07, 6.45) is 1.09. The summed E-state index contributed by atoms with van der Waals surface area (Å²) in [6, 6.07) is 6.06. The van der Waals surface area contributed by atoms with Crippen molar-refractivity contribution in [2.24, 2.45) is 0 Å². The topological polar surface area (TPSA) is 12.0 Å². The van der Waals surface area contributed by atoms with Crippen LogP contribution in [0.25, 0.3) is 0 Å². The normalized spacial score (nSPS) is 12.6. The first-order valence-corrected chi connectivity index (χ1v) is 8.94. The van der Waals surface area contributed by atoms with E-state index in [9.17, 15) is 0 Å². The Bertz CT molecular complexity index is 556. The van der Waals surface area contributed by atoms with Gasteiger partial charge in [-0.2, -0.15) is 11.3 Å². The van der Waals surface area contributed by atoms with Crippen molar-refractivity contribution in [3.8, 4) is 0 Å². The Hall–Kier alpha value is 0.130. The maximum atomic E-state index is 6.14. The minimum Gasteiger partial charge on any atom is -0.306 e. The molecule has 1 heterocycles. The summed E-state index contributed by atoms with van der Waals surface area (Å²) in [5.41, 5.74) is 2.42. The summed E-state index contributed by atoms with van der Waals surface area (Å²) in [5, 5.41) is 8.62. The van der Waals surface area contributed by atoms with Gasteiger partial charge in [-0.1, -0.05) is 34.5 Å². The Labute approximate surface area is 139 Å². The van der Waals surface area contributed by atoms with E-state index >= 15 is 0 Å². The summed E-state index contributed by atoms with van der Waals surface area (Å²) < 4.78 is 2.21. The average Bonchev–Trinajstić information content (AvgIpc) is 2.80. The molecule has 2 aromatic rings. The van der Waals surface area contributed by atoms with Crippen molar-refractivity contribution in [3.05, 3.63) is 54.1 Å². The maximum absolute atomic E-state index is 6.14. The van der Waals surface area contributed by atoms with Crippen LogP contribution in [0.15, 0.2) is 37.9 Å². The van der Waals surface area contributed by atoms with Crippen LogP contribution in [0.1, 0.15) is 30.5 Å². The third-order valence-electron chi connectivity index (χ3n) is 2.82. The zero-order chi connectivity index (χ0) is 13.8. The van der Waals surface area contributed by atoms with Gasteiger partial charge < -0.3 is 5.32 Å². The monoisotopic (exact) mass is 421 g/mol. The largest absolute Gasteiger partial charge is 0.306 e. The second kappa shape index (κ2) is 7.23. The molecule has 1 aromatic carbocycles. The minimum atomic E-state index is 0.147. The number of rotatable bonds is 5. The molecule has 0 aliphatic rings. The summed E-state index contributed by atoms with van der Waals surface area (Å²) in [4.78, 5) is 0. The molecule has 102 valence electrons. The van der Waals surface area contributed by atoms with Crippen LogP contribution >= 0.6 is 54.8 Å². The van der Waals surface area contributed by atoms with Crippen LogP contribution in [-0.2, 0) is 0 Å². The zero-order valence-electron chi connectivity index (χ0n) is 10.4. The quantitative estimate of drug-likeness (QED) is 0.620. The van der Waals surface area contributed by atoms with E-state index in [1.807, 2.05) is 18.2 Å². The van der Waals surface area contributed by atoms with Crippen molar-refractivity contribution < 1.29 is 0 Å². The minimum absolute atomic E-state index is 0.147. The van der Waals surface area contributed by atoms with Gasteiger partial charge in [-0.15, -0.1) is 0 Å². The van der Waals surface area contributed by atoms with Gasteiger partial charge in [0, 0.05) is 19.3 Å². The molecule has 0 fully saturated rings. The molecular weight excluding hydrogens is 409 g/mol.